The Bertz CT molecular complexity index is 1280. The zero-order valence-corrected chi connectivity index (χ0v) is 15.9. The highest BCUT2D eigenvalue weighted by atomic mass is 32.1. The van der Waals surface area contributed by atoms with E-state index in [-0.39, 0.29) is 0 Å². The summed E-state index contributed by atoms with van der Waals surface area (Å²) >= 11 is 1.98. The molecule has 5 aromatic rings. The van der Waals surface area contributed by atoms with E-state index in [0.29, 0.717) is 5.92 Å². The van der Waals surface area contributed by atoms with Crippen LogP contribution in [0.15, 0.2) is 78.9 Å². The molecule has 0 saturated carbocycles. The van der Waals surface area contributed by atoms with E-state index < -0.39 is 0 Å². The number of hydrogen-bond acceptors (Lipinski definition) is 1. The van der Waals surface area contributed by atoms with Crippen LogP contribution in [0.2, 0.25) is 0 Å². The first kappa shape index (κ1) is 15.4. The maximum atomic E-state index is 2.42. The van der Waals surface area contributed by atoms with Crippen LogP contribution in [-0.4, -0.2) is 0 Å². The zero-order valence-electron chi connectivity index (χ0n) is 15.1. The summed E-state index contributed by atoms with van der Waals surface area (Å²) in [5, 5.41) is 6.96. The number of hydrogen-bond donors (Lipinski definition) is 0. The van der Waals surface area contributed by atoms with Crippen LogP contribution in [0.5, 0.6) is 0 Å². The molecule has 0 N–H and O–H groups in total. The van der Waals surface area contributed by atoms with E-state index in [2.05, 4.69) is 78.9 Å². The van der Waals surface area contributed by atoms with Crippen molar-refractivity contribution < 1.29 is 0 Å². The van der Waals surface area contributed by atoms with Crippen LogP contribution < -0.4 is 0 Å². The van der Waals surface area contributed by atoms with Crippen LogP contribution in [-0.2, 0) is 6.42 Å². The van der Waals surface area contributed by atoms with Gasteiger partial charge >= 0.3 is 0 Å². The fourth-order valence-corrected chi connectivity index (χ4v) is 6.10. The minimum absolute atomic E-state index is 0.544. The Morgan fingerprint density at radius 2 is 1.52 bits per heavy atom. The van der Waals surface area contributed by atoms with Gasteiger partial charge in [-0.05, 0) is 69.5 Å². The number of aryl methyl sites for hydroxylation is 1. The van der Waals surface area contributed by atoms with E-state index in [9.17, 15) is 0 Å². The molecule has 0 spiro atoms. The van der Waals surface area contributed by atoms with Gasteiger partial charge in [0.15, 0.2) is 0 Å². The third kappa shape index (κ3) is 2.35. The normalized spacial score (nSPS) is 16.8. The third-order valence-corrected chi connectivity index (χ3v) is 7.39. The quantitative estimate of drug-likeness (QED) is 0.268. The summed E-state index contributed by atoms with van der Waals surface area (Å²) in [6, 6.07) is 29.4. The molecule has 0 fully saturated rings. The molecule has 1 heterocycles. The Balaban J connectivity index is 1.57. The monoisotopic (exact) mass is 364 g/mol. The standard InChI is InChI=1S/C26H20S/c1-3-8-19-17(6-1)12-13-22-20-9-5-10-24(23(20)15-14-21(19)22)26-16-18-7-2-4-11-25(18)27-26/h1-4,6-8,11-16,24H,5,9-10H2. The average molecular weight is 365 g/mol. The van der Waals surface area contributed by atoms with Crippen molar-refractivity contribution in [1.82, 2.24) is 0 Å². The Labute approximate surface area is 163 Å². The molecule has 1 aliphatic carbocycles. The molecular weight excluding hydrogens is 344 g/mol. The molecule has 0 amide bonds. The third-order valence-electron chi connectivity index (χ3n) is 6.16. The predicted molar refractivity (Wildman–Crippen MR) is 118 cm³/mol. The van der Waals surface area contributed by atoms with Gasteiger partial charge in [0.1, 0.15) is 0 Å². The highest BCUT2D eigenvalue weighted by Crippen LogP contribution is 2.44. The van der Waals surface area contributed by atoms with E-state index >= 15 is 0 Å². The number of thiophene rings is 1. The summed E-state index contributed by atoms with van der Waals surface area (Å²) in [7, 11) is 0. The summed E-state index contributed by atoms with van der Waals surface area (Å²) in [6.07, 6.45) is 3.74. The summed E-state index contributed by atoms with van der Waals surface area (Å²) in [4.78, 5) is 1.53. The molecule has 1 aromatic heterocycles. The summed E-state index contributed by atoms with van der Waals surface area (Å²) in [5.41, 5.74) is 3.13. The van der Waals surface area contributed by atoms with E-state index in [1.807, 2.05) is 11.3 Å². The summed E-state index contributed by atoms with van der Waals surface area (Å²) < 4.78 is 1.41. The molecule has 0 aliphatic heterocycles. The fraction of sp³-hybridized carbons (Fsp3) is 0.154. The van der Waals surface area contributed by atoms with Crippen LogP contribution in [0.1, 0.15) is 34.8 Å². The first-order valence-corrected chi connectivity index (χ1v) is 10.6. The first-order chi connectivity index (χ1) is 13.4. The van der Waals surface area contributed by atoms with Crippen LogP contribution in [0, 0.1) is 0 Å². The molecule has 0 saturated heterocycles. The van der Waals surface area contributed by atoms with Crippen molar-refractivity contribution in [1.29, 1.82) is 0 Å². The van der Waals surface area contributed by atoms with Gasteiger partial charge in [-0.3, -0.25) is 0 Å². The SMILES string of the molecule is c1ccc2sc(C3CCCc4c3ccc3c4ccc4ccccc43)cc2c1. The van der Waals surface area contributed by atoms with Gasteiger partial charge in [-0.15, -0.1) is 11.3 Å². The van der Waals surface area contributed by atoms with Crippen LogP contribution >= 0.6 is 11.3 Å². The maximum absolute atomic E-state index is 2.42. The lowest BCUT2D eigenvalue weighted by molar-refractivity contribution is 0.626. The van der Waals surface area contributed by atoms with E-state index in [4.69, 9.17) is 0 Å². The molecule has 27 heavy (non-hydrogen) atoms. The average Bonchev–Trinajstić information content (AvgIpc) is 3.17. The Kier molecular flexibility index (Phi) is 3.39. The fourth-order valence-electron chi connectivity index (χ4n) is 4.88. The molecule has 1 aliphatic rings. The molecule has 0 bridgehead atoms. The van der Waals surface area contributed by atoms with E-state index in [1.54, 1.807) is 11.1 Å². The highest BCUT2D eigenvalue weighted by Gasteiger charge is 2.25. The molecule has 6 rings (SSSR count). The van der Waals surface area contributed by atoms with E-state index in [0.717, 1.165) is 0 Å². The number of benzene rings is 4. The van der Waals surface area contributed by atoms with Gasteiger partial charge in [0, 0.05) is 15.5 Å². The predicted octanol–water partition coefficient (Wildman–Crippen LogP) is 7.68. The summed E-state index contributed by atoms with van der Waals surface area (Å²) in [6.45, 7) is 0. The Morgan fingerprint density at radius 1 is 0.704 bits per heavy atom. The summed E-state index contributed by atoms with van der Waals surface area (Å²) in [5.74, 6) is 0.544. The van der Waals surface area contributed by atoms with Crippen molar-refractivity contribution in [2.24, 2.45) is 0 Å². The first-order valence-electron chi connectivity index (χ1n) is 9.80. The smallest absolute Gasteiger partial charge is 0.0345 e. The van der Waals surface area contributed by atoms with Gasteiger partial charge in [0.25, 0.3) is 0 Å². The van der Waals surface area contributed by atoms with Crippen molar-refractivity contribution in [3.05, 3.63) is 94.9 Å². The molecule has 0 nitrogen and oxygen atoms in total. The second-order valence-electron chi connectivity index (χ2n) is 7.65. The molecule has 0 radical (unpaired) electrons. The van der Waals surface area contributed by atoms with Gasteiger partial charge in [-0.1, -0.05) is 66.7 Å². The largest absolute Gasteiger partial charge is 0.140 e. The minimum Gasteiger partial charge on any atom is -0.140 e. The second-order valence-corrected chi connectivity index (χ2v) is 8.76. The lowest BCUT2D eigenvalue weighted by atomic mass is 9.79. The molecule has 1 unspecified atom stereocenters. The maximum Gasteiger partial charge on any atom is 0.0345 e. The van der Waals surface area contributed by atoms with Crippen LogP contribution in [0.3, 0.4) is 0 Å². The van der Waals surface area contributed by atoms with Crippen LogP contribution in [0.25, 0.3) is 31.6 Å². The Morgan fingerprint density at radius 3 is 2.44 bits per heavy atom. The van der Waals surface area contributed by atoms with Gasteiger partial charge in [0.05, 0.1) is 0 Å². The van der Waals surface area contributed by atoms with Crippen molar-refractivity contribution in [3.63, 3.8) is 0 Å². The highest BCUT2D eigenvalue weighted by molar-refractivity contribution is 7.19. The van der Waals surface area contributed by atoms with E-state index in [1.165, 1.54) is 55.8 Å². The van der Waals surface area contributed by atoms with Gasteiger partial charge in [0.2, 0.25) is 0 Å². The van der Waals surface area contributed by atoms with Gasteiger partial charge in [-0.25, -0.2) is 0 Å². The minimum atomic E-state index is 0.544. The topological polar surface area (TPSA) is 0 Å². The van der Waals surface area contributed by atoms with Gasteiger partial charge in [-0.2, -0.15) is 0 Å². The van der Waals surface area contributed by atoms with Crippen molar-refractivity contribution in [2.45, 2.75) is 25.2 Å². The molecule has 4 aromatic carbocycles. The molecule has 130 valence electrons. The van der Waals surface area contributed by atoms with Crippen molar-refractivity contribution in [3.8, 4) is 0 Å². The zero-order chi connectivity index (χ0) is 17.8. The van der Waals surface area contributed by atoms with Crippen LogP contribution in [0.4, 0.5) is 0 Å². The molecular formula is C26H20S. The molecule has 1 atom stereocenters. The van der Waals surface area contributed by atoms with Crippen molar-refractivity contribution in [2.75, 3.05) is 0 Å². The lowest BCUT2D eigenvalue weighted by Gasteiger charge is -2.26. The Hall–Kier alpha value is -2.64. The second kappa shape index (κ2) is 5.94. The molecule has 1 heteroatoms. The van der Waals surface area contributed by atoms with Gasteiger partial charge < -0.3 is 0 Å². The number of fused-ring (bicyclic) bond motifs is 6. The lowest BCUT2D eigenvalue weighted by Crippen LogP contribution is -2.10. The number of rotatable bonds is 1. The van der Waals surface area contributed by atoms with Crippen molar-refractivity contribution >= 4 is 43.0 Å².